The fourth-order valence-corrected chi connectivity index (χ4v) is 6.77. The van der Waals surface area contributed by atoms with Gasteiger partial charge < -0.3 is 14.5 Å². The summed E-state index contributed by atoms with van der Waals surface area (Å²) in [6.07, 6.45) is 5.50. The monoisotopic (exact) mass is 544 g/mol. The lowest BCUT2D eigenvalue weighted by atomic mass is 9.86. The summed E-state index contributed by atoms with van der Waals surface area (Å²) >= 11 is 1.46. The van der Waals surface area contributed by atoms with Crippen LogP contribution in [0, 0.1) is 6.92 Å². The summed E-state index contributed by atoms with van der Waals surface area (Å²) < 4.78 is 5.47. The molecule has 39 heavy (non-hydrogen) atoms. The van der Waals surface area contributed by atoms with Crippen molar-refractivity contribution in [3.63, 3.8) is 0 Å². The number of aliphatic imine (C=N–C) groups is 1. The van der Waals surface area contributed by atoms with E-state index >= 15 is 0 Å². The molecule has 3 heterocycles. The second-order valence-electron chi connectivity index (χ2n) is 11.0. The van der Waals surface area contributed by atoms with Crippen molar-refractivity contribution in [2.24, 2.45) is 4.99 Å². The number of allylic oxidation sites excluding steroid dienone is 1. The Morgan fingerprint density at radius 2 is 1.79 bits per heavy atom. The molecule has 7 heteroatoms. The maximum Gasteiger partial charge on any atom is 0.266 e. The standard InChI is InChI=1S/C32H40N4O2S/c1-7-13-36-28-18-22(3)24(19-27(28)23(4)21-32(36,5)6)20-29-30(37)35(8-2)31(39-29)33-25-9-11-26(12-10-25)34-14-16-38-17-15-34/h9-12,18-21H,7-8,13-17H2,1-6H3/b29-20+,33-31?. The number of aryl methyl sites for hydroxylation is 1. The van der Waals surface area contributed by atoms with E-state index in [-0.39, 0.29) is 11.4 Å². The van der Waals surface area contributed by atoms with Crippen LogP contribution < -0.4 is 9.80 Å². The zero-order chi connectivity index (χ0) is 27.7. The highest BCUT2D eigenvalue weighted by Gasteiger charge is 2.34. The molecule has 5 rings (SSSR count). The predicted octanol–water partition coefficient (Wildman–Crippen LogP) is 6.87. The van der Waals surface area contributed by atoms with Gasteiger partial charge in [0.05, 0.1) is 29.3 Å². The number of amidine groups is 1. The number of carbonyl (C=O) groups is 1. The molecule has 3 aliphatic rings. The van der Waals surface area contributed by atoms with Gasteiger partial charge in [-0.3, -0.25) is 9.69 Å². The third kappa shape index (κ3) is 5.52. The van der Waals surface area contributed by atoms with Crippen LogP contribution >= 0.6 is 11.8 Å². The van der Waals surface area contributed by atoms with Crippen LogP contribution in [-0.4, -0.2) is 60.9 Å². The lowest BCUT2D eigenvalue weighted by molar-refractivity contribution is -0.122. The Morgan fingerprint density at radius 1 is 1.08 bits per heavy atom. The number of thioether (sulfide) groups is 1. The lowest BCUT2D eigenvalue weighted by Crippen LogP contribution is -2.45. The number of fused-ring (bicyclic) bond motifs is 1. The summed E-state index contributed by atoms with van der Waals surface area (Å²) in [5, 5.41) is 0.732. The summed E-state index contributed by atoms with van der Waals surface area (Å²) in [7, 11) is 0. The van der Waals surface area contributed by atoms with E-state index in [9.17, 15) is 4.79 Å². The van der Waals surface area contributed by atoms with E-state index in [2.05, 4.69) is 74.8 Å². The lowest BCUT2D eigenvalue weighted by Gasteiger charge is -2.43. The normalized spacial score (nSPS) is 21.1. The molecule has 206 valence electrons. The van der Waals surface area contributed by atoms with E-state index in [4.69, 9.17) is 9.73 Å². The van der Waals surface area contributed by atoms with Crippen LogP contribution in [0.4, 0.5) is 17.1 Å². The molecule has 0 unspecified atom stereocenters. The van der Waals surface area contributed by atoms with Gasteiger partial charge in [0, 0.05) is 43.1 Å². The van der Waals surface area contributed by atoms with Crippen molar-refractivity contribution in [2.45, 2.75) is 53.5 Å². The molecular formula is C32H40N4O2S. The molecular weight excluding hydrogens is 504 g/mol. The SMILES string of the molecule is CCCN1c2cc(C)c(/C=C3/SC(=Nc4ccc(N5CCOCC5)cc4)N(CC)C3=O)cc2C(C)=CC1(C)C. The van der Waals surface area contributed by atoms with Crippen molar-refractivity contribution in [3.8, 4) is 0 Å². The second kappa shape index (κ2) is 11.2. The number of hydrogen-bond acceptors (Lipinski definition) is 6. The molecule has 3 aliphatic heterocycles. The van der Waals surface area contributed by atoms with Crippen LogP contribution in [0.1, 0.15) is 57.7 Å². The summed E-state index contributed by atoms with van der Waals surface area (Å²) in [6, 6.07) is 12.8. The van der Waals surface area contributed by atoms with E-state index in [1.807, 2.05) is 25.1 Å². The number of carbonyl (C=O) groups excluding carboxylic acids is 1. The smallest absolute Gasteiger partial charge is 0.266 e. The first-order valence-corrected chi connectivity index (χ1v) is 14.9. The number of rotatable bonds is 6. The van der Waals surface area contributed by atoms with Crippen molar-refractivity contribution in [2.75, 3.05) is 49.2 Å². The quantitative estimate of drug-likeness (QED) is 0.372. The number of benzene rings is 2. The van der Waals surface area contributed by atoms with Crippen molar-refractivity contribution >= 4 is 51.5 Å². The van der Waals surface area contributed by atoms with Crippen LogP contribution in [0.25, 0.3) is 11.6 Å². The molecule has 6 nitrogen and oxygen atoms in total. The summed E-state index contributed by atoms with van der Waals surface area (Å²) in [6.45, 7) is 18.1. The zero-order valence-electron chi connectivity index (χ0n) is 24.1. The Balaban J connectivity index is 1.43. The molecule has 0 radical (unpaired) electrons. The Bertz CT molecular complexity index is 1340. The number of anilines is 2. The minimum Gasteiger partial charge on any atom is -0.378 e. The average molecular weight is 545 g/mol. The van der Waals surface area contributed by atoms with Gasteiger partial charge in [0.2, 0.25) is 0 Å². The third-order valence-corrected chi connectivity index (χ3v) is 8.76. The number of likely N-dealkylation sites (N-methyl/N-ethyl adjacent to an activating group) is 1. The van der Waals surface area contributed by atoms with Gasteiger partial charge in [0.25, 0.3) is 5.91 Å². The molecule has 1 amide bonds. The molecule has 2 fully saturated rings. The maximum atomic E-state index is 13.4. The number of morpholine rings is 1. The number of nitrogens with zero attached hydrogens (tertiary/aromatic N) is 4. The van der Waals surface area contributed by atoms with Gasteiger partial charge in [-0.1, -0.05) is 13.0 Å². The minimum atomic E-state index is -0.0236. The van der Waals surface area contributed by atoms with Crippen molar-refractivity contribution in [3.05, 3.63) is 64.1 Å². The molecule has 0 saturated carbocycles. The maximum absolute atomic E-state index is 13.4. The van der Waals surface area contributed by atoms with Crippen LogP contribution in [0.3, 0.4) is 0 Å². The second-order valence-corrected chi connectivity index (χ2v) is 12.0. The highest BCUT2D eigenvalue weighted by molar-refractivity contribution is 8.18. The Hall–Kier alpha value is -3.03. The van der Waals surface area contributed by atoms with Gasteiger partial charge in [0.1, 0.15) is 0 Å². The fourth-order valence-electron chi connectivity index (χ4n) is 5.71. The predicted molar refractivity (Wildman–Crippen MR) is 166 cm³/mol. The number of amides is 1. The van der Waals surface area contributed by atoms with Crippen LogP contribution in [0.15, 0.2) is 52.4 Å². The van der Waals surface area contributed by atoms with Gasteiger partial charge in [-0.2, -0.15) is 0 Å². The Morgan fingerprint density at radius 3 is 2.46 bits per heavy atom. The molecule has 0 bridgehead atoms. The molecule has 0 spiro atoms. The van der Waals surface area contributed by atoms with Crippen molar-refractivity contribution < 1.29 is 9.53 Å². The summed E-state index contributed by atoms with van der Waals surface area (Å²) in [5.74, 6) is 0.0179. The van der Waals surface area contributed by atoms with E-state index in [0.717, 1.165) is 55.7 Å². The Labute approximate surface area is 237 Å². The number of hydrogen-bond donors (Lipinski definition) is 0. The van der Waals surface area contributed by atoms with E-state index in [1.165, 1.54) is 39.8 Å². The highest BCUT2D eigenvalue weighted by atomic mass is 32.2. The van der Waals surface area contributed by atoms with E-state index < -0.39 is 0 Å². The molecule has 0 N–H and O–H groups in total. The topological polar surface area (TPSA) is 48.4 Å². The third-order valence-electron chi connectivity index (χ3n) is 7.75. The summed E-state index contributed by atoms with van der Waals surface area (Å²) in [4.78, 5) is 25.6. The van der Waals surface area contributed by atoms with Gasteiger partial charge in [0.15, 0.2) is 5.17 Å². The fraction of sp³-hybridized carbons (Fsp3) is 0.438. The molecule has 2 saturated heterocycles. The van der Waals surface area contributed by atoms with E-state index in [1.54, 1.807) is 4.90 Å². The average Bonchev–Trinajstić information content (AvgIpc) is 3.21. The first-order valence-electron chi connectivity index (χ1n) is 14.1. The van der Waals surface area contributed by atoms with Crippen molar-refractivity contribution in [1.29, 1.82) is 0 Å². The molecule has 0 aliphatic carbocycles. The van der Waals surface area contributed by atoms with Crippen molar-refractivity contribution in [1.82, 2.24) is 4.90 Å². The van der Waals surface area contributed by atoms with Gasteiger partial charge in [-0.15, -0.1) is 0 Å². The van der Waals surface area contributed by atoms with Crippen LogP contribution in [-0.2, 0) is 9.53 Å². The van der Waals surface area contributed by atoms with Gasteiger partial charge in [-0.25, -0.2) is 4.99 Å². The molecule has 2 aromatic rings. The van der Waals surface area contributed by atoms with Crippen LogP contribution in [0.2, 0.25) is 0 Å². The zero-order valence-corrected chi connectivity index (χ0v) is 24.9. The highest BCUT2D eigenvalue weighted by Crippen LogP contribution is 2.42. The van der Waals surface area contributed by atoms with Crippen LogP contribution in [0.5, 0.6) is 0 Å². The van der Waals surface area contributed by atoms with E-state index in [0.29, 0.717) is 11.4 Å². The van der Waals surface area contributed by atoms with Gasteiger partial charge in [-0.05, 0) is 112 Å². The molecule has 2 aromatic carbocycles. The number of ether oxygens (including phenoxy) is 1. The Kier molecular flexibility index (Phi) is 7.92. The minimum absolute atomic E-state index is 0.0179. The molecule has 0 aromatic heterocycles. The van der Waals surface area contributed by atoms with Gasteiger partial charge >= 0.3 is 0 Å². The first kappa shape index (κ1) is 27.5. The molecule has 0 atom stereocenters. The summed E-state index contributed by atoms with van der Waals surface area (Å²) in [5.41, 5.74) is 8.08. The first-order chi connectivity index (χ1) is 18.7. The largest absolute Gasteiger partial charge is 0.378 e.